The molecule has 2 amide bonds. The third-order valence-electron chi connectivity index (χ3n) is 7.60. The number of nitrogen functional groups attached to an aromatic ring is 1. The number of nitrogens with zero attached hydrogens (tertiary/aromatic N) is 6. The molecule has 1 fully saturated rings. The van der Waals surface area contributed by atoms with Crippen molar-refractivity contribution < 1.29 is 18.8 Å². The molecule has 0 unspecified atom stereocenters. The van der Waals surface area contributed by atoms with Crippen molar-refractivity contribution in [3.63, 3.8) is 0 Å². The van der Waals surface area contributed by atoms with E-state index >= 15 is 0 Å². The van der Waals surface area contributed by atoms with E-state index in [9.17, 15) is 4.79 Å². The predicted molar refractivity (Wildman–Crippen MR) is 172 cm³/mol. The summed E-state index contributed by atoms with van der Waals surface area (Å²) in [6, 6.07) is 14.7. The summed E-state index contributed by atoms with van der Waals surface area (Å²) in [6.07, 6.45) is 1.42. The molecule has 5 aromatic rings. The van der Waals surface area contributed by atoms with Crippen molar-refractivity contribution in [2.45, 2.75) is 33.1 Å². The highest BCUT2D eigenvalue weighted by molar-refractivity contribution is 6.00. The third-order valence-corrected chi connectivity index (χ3v) is 7.60. The van der Waals surface area contributed by atoms with Gasteiger partial charge >= 0.3 is 6.03 Å². The molecule has 13 nitrogen and oxygen atoms in total. The summed E-state index contributed by atoms with van der Waals surface area (Å²) >= 11 is 0. The standard InChI is InChI=1S/C32H37N9O4/c1-20-17-22(7-10-24(20)36-31(42)37-26-18-25(45-39-26)32(2,3)4)41-30-27(29(33)34-19-35-30)28(38-41)21-5-8-23(9-6-21)44-16-13-40-11-14-43-15-12-40/h5-10,17-19H,11-16H2,1-4H3,(H2,33,34,35)(H2,36,37,39,42). The first-order valence-electron chi connectivity index (χ1n) is 14.8. The minimum atomic E-state index is -0.430. The van der Waals surface area contributed by atoms with Crippen molar-refractivity contribution in [1.82, 2.24) is 29.8 Å². The van der Waals surface area contributed by atoms with Crippen molar-refractivity contribution in [1.29, 1.82) is 0 Å². The lowest BCUT2D eigenvalue weighted by Gasteiger charge is -2.26. The maximum absolute atomic E-state index is 12.7. The van der Waals surface area contributed by atoms with Crippen LogP contribution in [0.5, 0.6) is 5.75 Å². The van der Waals surface area contributed by atoms with E-state index in [2.05, 4.69) is 30.7 Å². The molecule has 0 spiro atoms. The molecule has 0 saturated carbocycles. The molecule has 4 N–H and O–H groups in total. The number of ether oxygens (including phenoxy) is 2. The van der Waals surface area contributed by atoms with Gasteiger partial charge in [-0.3, -0.25) is 10.2 Å². The highest BCUT2D eigenvalue weighted by Gasteiger charge is 2.21. The summed E-state index contributed by atoms with van der Waals surface area (Å²) in [4.78, 5) is 23.8. The Hall–Kier alpha value is -5.01. The average Bonchev–Trinajstić information content (AvgIpc) is 3.65. The van der Waals surface area contributed by atoms with Gasteiger partial charge in [-0.15, -0.1) is 0 Å². The van der Waals surface area contributed by atoms with Gasteiger partial charge in [0.15, 0.2) is 11.5 Å². The van der Waals surface area contributed by atoms with Crippen LogP contribution in [0.15, 0.2) is 59.4 Å². The maximum Gasteiger partial charge on any atom is 0.324 e. The number of hydrogen-bond donors (Lipinski definition) is 3. The van der Waals surface area contributed by atoms with Crippen molar-refractivity contribution in [2.24, 2.45) is 0 Å². The number of urea groups is 1. The van der Waals surface area contributed by atoms with E-state index < -0.39 is 6.03 Å². The first-order chi connectivity index (χ1) is 21.7. The van der Waals surface area contributed by atoms with Gasteiger partial charge in [0, 0.05) is 42.4 Å². The van der Waals surface area contributed by atoms with E-state index in [0.717, 1.165) is 55.4 Å². The zero-order valence-corrected chi connectivity index (χ0v) is 25.8. The monoisotopic (exact) mass is 611 g/mol. The second-order valence-corrected chi connectivity index (χ2v) is 11.9. The quantitative estimate of drug-likeness (QED) is 0.218. The summed E-state index contributed by atoms with van der Waals surface area (Å²) in [5, 5.41) is 15.1. The Morgan fingerprint density at radius 1 is 1.04 bits per heavy atom. The van der Waals surface area contributed by atoms with Crippen molar-refractivity contribution in [3.05, 3.63) is 66.2 Å². The largest absolute Gasteiger partial charge is 0.492 e. The van der Waals surface area contributed by atoms with Crippen LogP contribution in [0.4, 0.5) is 22.1 Å². The zero-order chi connectivity index (χ0) is 31.6. The number of aryl methyl sites for hydroxylation is 1. The Balaban J connectivity index is 1.19. The number of rotatable bonds is 8. The topological polar surface area (TPSA) is 158 Å². The first kappa shape index (κ1) is 30.0. The average molecular weight is 612 g/mol. The van der Waals surface area contributed by atoms with Gasteiger partial charge in [0.25, 0.3) is 0 Å². The smallest absolute Gasteiger partial charge is 0.324 e. The molecule has 6 rings (SSSR count). The van der Waals surface area contributed by atoms with E-state index in [1.807, 2.05) is 70.2 Å². The number of carbonyl (C=O) groups is 1. The van der Waals surface area contributed by atoms with E-state index in [-0.39, 0.29) is 5.41 Å². The third kappa shape index (κ3) is 6.74. The van der Waals surface area contributed by atoms with Gasteiger partial charge in [-0.25, -0.2) is 19.4 Å². The molecular weight excluding hydrogens is 574 g/mol. The lowest BCUT2D eigenvalue weighted by molar-refractivity contribution is 0.0322. The summed E-state index contributed by atoms with van der Waals surface area (Å²) in [7, 11) is 0. The van der Waals surface area contributed by atoms with Crippen LogP contribution in [0.25, 0.3) is 28.0 Å². The molecule has 13 heteroatoms. The van der Waals surface area contributed by atoms with Crippen molar-refractivity contribution in [2.75, 3.05) is 55.8 Å². The number of amides is 2. The SMILES string of the molecule is Cc1cc(-n2nc(-c3ccc(OCCN4CCOCC4)cc3)c3c(N)ncnc32)ccc1NC(=O)Nc1cc(C(C)(C)C)on1. The summed E-state index contributed by atoms with van der Waals surface area (Å²) in [6.45, 7) is 12.8. The lowest BCUT2D eigenvalue weighted by Crippen LogP contribution is -2.38. The van der Waals surface area contributed by atoms with Gasteiger partial charge in [-0.2, -0.15) is 5.10 Å². The molecule has 1 aliphatic heterocycles. The van der Waals surface area contributed by atoms with Crippen LogP contribution < -0.4 is 21.1 Å². The minimum Gasteiger partial charge on any atom is -0.492 e. The zero-order valence-electron chi connectivity index (χ0n) is 25.8. The normalized spacial score (nSPS) is 14.0. The molecule has 0 radical (unpaired) electrons. The number of anilines is 3. The summed E-state index contributed by atoms with van der Waals surface area (Å²) < 4.78 is 18.5. The minimum absolute atomic E-state index is 0.219. The van der Waals surface area contributed by atoms with Crippen LogP contribution in [0.2, 0.25) is 0 Å². The molecule has 45 heavy (non-hydrogen) atoms. The van der Waals surface area contributed by atoms with Gasteiger partial charge in [0.2, 0.25) is 0 Å². The van der Waals surface area contributed by atoms with E-state index in [0.29, 0.717) is 46.4 Å². The highest BCUT2D eigenvalue weighted by atomic mass is 16.5. The van der Waals surface area contributed by atoms with Crippen LogP contribution in [0.3, 0.4) is 0 Å². The molecule has 1 saturated heterocycles. The Bertz CT molecular complexity index is 1800. The van der Waals surface area contributed by atoms with Crippen LogP contribution in [-0.2, 0) is 10.2 Å². The number of nitrogens with one attached hydrogen (secondary N) is 2. The van der Waals surface area contributed by atoms with Gasteiger partial charge in [0.05, 0.1) is 24.3 Å². The molecule has 0 aliphatic carbocycles. The van der Waals surface area contributed by atoms with Crippen LogP contribution in [0, 0.1) is 6.92 Å². The van der Waals surface area contributed by atoms with Crippen LogP contribution in [0.1, 0.15) is 32.1 Å². The number of morpholine rings is 1. The number of benzene rings is 2. The lowest BCUT2D eigenvalue weighted by atomic mass is 9.93. The van der Waals surface area contributed by atoms with Gasteiger partial charge in [0.1, 0.15) is 36.0 Å². The number of hydrogen-bond acceptors (Lipinski definition) is 10. The fourth-order valence-corrected chi connectivity index (χ4v) is 5.06. The summed E-state index contributed by atoms with van der Waals surface area (Å²) in [5.74, 6) is 2.13. The molecule has 4 heterocycles. The molecule has 0 bridgehead atoms. The van der Waals surface area contributed by atoms with Gasteiger partial charge in [-0.1, -0.05) is 25.9 Å². The molecule has 0 atom stereocenters. The molecule has 234 valence electrons. The van der Waals surface area contributed by atoms with Gasteiger partial charge < -0.3 is 25.0 Å². The number of aromatic nitrogens is 5. The summed E-state index contributed by atoms with van der Waals surface area (Å²) in [5.41, 5.74) is 10.4. The van der Waals surface area contributed by atoms with E-state index in [1.165, 1.54) is 6.33 Å². The van der Waals surface area contributed by atoms with Crippen molar-refractivity contribution in [3.8, 4) is 22.7 Å². The van der Waals surface area contributed by atoms with Crippen LogP contribution in [-0.4, -0.2) is 75.3 Å². The predicted octanol–water partition coefficient (Wildman–Crippen LogP) is 5.01. The second-order valence-electron chi connectivity index (χ2n) is 11.9. The Labute approximate surface area is 260 Å². The van der Waals surface area contributed by atoms with Crippen molar-refractivity contribution >= 4 is 34.4 Å². The van der Waals surface area contributed by atoms with E-state index in [1.54, 1.807) is 10.7 Å². The Morgan fingerprint density at radius 2 is 1.82 bits per heavy atom. The highest BCUT2D eigenvalue weighted by Crippen LogP contribution is 2.33. The molecule has 3 aromatic heterocycles. The molecule has 2 aromatic carbocycles. The van der Waals surface area contributed by atoms with E-state index in [4.69, 9.17) is 24.8 Å². The molecular formula is C32H37N9O4. The first-order valence-corrected chi connectivity index (χ1v) is 14.8. The van der Waals surface area contributed by atoms with Gasteiger partial charge in [-0.05, 0) is 55.0 Å². The Kier molecular flexibility index (Phi) is 8.37. The fourth-order valence-electron chi connectivity index (χ4n) is 5.06. The second kappa shape index (κ2) is 12.5. The molecule has 1 aliphatic rings. The number of nitrogens with two attached hydrogens (primary N) is 1. The number of carbonyl (C=O) groups excluding carboxylic acids is 1. The number of fused-ring (bicyclic) bond motifs is 1. The maximum atomic E-state index is 12.7. The van der Waals surface area contributed by atoms with Crippen LogP contribution >= 0.6 is 0 Å². The Morgan fingerprint density at radius 3 is 2.53 bits per heavy atom. The fraction of sp³-hybridized carbons (Fsp3) is 0.344.